The molecule has 1 unspecified atom stereocenters. The summed E-state index contributed by atoms with van der Waals surface area (Å²) in [7, 11) is 0. The molecule has 4 nitrogen and oxygen atoms in total. The Morgan fingerprint density at radius 3 is 3.00 bits per heavy atom. The molecule has 0 spiro atoms. The van der Waals surface area contributed by atoms with Gasteiger partial charge >= 0.3 is 0 Å². The van der Waals surface area contributed by atoms with E-state index in [0.717, 1.165) is 12.2 Å². The second-order valence-electron chi connectivity index (χ2n) is 3.42. The zero-order valence-corrected chi connectivity index (χ0v) is 9.93. The number of rotatable bonds is 5. The number of nitrogens with zero attached hydrogens (tertiary/aromatic N) is 1. The van der Waals surface area contributed by atoms with Crippen LogP contribution in [-0.4, -0.2) is 15.2 Å². The summed E-state index contributed by atoms with van der Waals surface area (Å²) < 4.78 is 0. The quantitative estimate of drug-likeness (QED) is 0.794. The first-order chi connectivity index (χ1) is 7.15. The Balaban J connectivity index is 2.68. The van der Waals surface area contributed by atoms with E-state index >= 15 is 0 Å². The SMILES string of the molecule is CCC(C)SCc1nc(CN)cc(=O)[nH]1. The maximum Gasteiger partial charge on any atom is 0.251 e. The normalized spacial score (nSPS) is 12.7. The van der Waals surface area contributed by atoms with E-state index in [1.165, 1.54) is 6.07 Å². The van der Waals surface area contributed by atoms with Crippen molar-refractivity contribution in [2.75, 3.05) is 0 Å². The molecule has 0 radical (unpaired) electrons. The van der Waals surface area contributed by atoms with Crippen molar-refractivity contribution in [3.05, 3.63) is 27.9 Å². The van der Waals surface area contributed by atoms with Crippen molar-refractivity contribution in [1.82, 2.24) is 9.97 Å². The zero-order valence-electron chi connectivity index (χ0n) is 9.12. The highest BCUT2D eigenvalue weighted by atomic mass is 32.2. The predicted octanol–water partition coefficient (Wildman–Crippen LogP) is 1.26. The summed E-state index contributed by atoms with van der Waals surface area (Å²) in [5, 5.41) is 0.580. The van der Waals surface area contributed by atoms with Crippen LogP contribution in [0, 0.1) is 0 Å². The number of nitrogens with two attached hydrogens (primary N) is 1. The van der Waals surface area contributed by atoms with Crippen molar-refractivity contribution in [2.24, 2.45) is 5.73 Å². The van der Waals surface area contributed by atoms with Gasteiger partial charge < -0.3 is 10.7 Å². The molecule has 0 aliphatic carbocycles. The molecule has 1 atom stereocenters. The summed E-state index contributed by atoms with van der Waals surface area (Å²) in [5.41, 5.74) is 5.98. The summed E-state index contributed by atoms with van der Waals surface area (Å²) in [6.07, 6.45) is 1.12. The maximum absolute atomic E-state index is 11.2. The fourth-order valence-electron chi connectivity index (χ4n) is 1.08. The van der Waals surface area contributed by atoms with Crippen molar-refractivity contribution < 1.29 is 0 Å². The first kappa shape index (κ1) is 12.3. The van der Waals surface area contributed by atoms with Gasteiger partial charge in [0.25, 0.3) is 5.56 Å². The van der Waals surface area contributed by atoms with E-state index in [1.54, 1.807) is 11.8 Å². The highest BCUT2D eigenvalue weighted by Gasteiger charge is 2.03. The number of nitrogens with one attached hydrogen (secondary N) is 1. The molecule has 1 aromatic heterocycles. The second kappa shape index (κ2) is 5.92. The van der Waals surface area contributed by atoms with E-state index in [1.807, 2.05) is 0 Å². The largest absolute Gasteiger partial charge is 0.325 e. The third-order valence-electron chi connectivity index (χ3n) is 2.13. The van der Waals surface area contributed by atoms with Crippen LogP contribution in [0.15, 0.2) is 10.9 Å². The molecule has 0 aliphatic heterocycles. The summed E-state index contributed by atoms with van der Waals surface area (Å²) >= 11 is 1.78. The molecule has 3 N–H and O–H groups in total. The molecule has 0 saturated heterocycles. The Bertz CT molecular complexity index is 364. The second-order valence-corrected chi connectivity index (χ2v) is 4.84. The molecule has 0 aromatic carbocycles. The van der Waals surface area contributed by atoms with E-state index < -0.39 is 0 Å². The van der Waals surface area contributed by atoms with E-state index in [9.17, 15) is 4.79 Å². The molecule has 0 fully saturated rings. The molecule has 84 valence electrons. The lowest BCUT2D eigenvalue weighted by molar-refractivity contribution is 0.884. The number of thioether (sulfide) groups is 1. The van der Waals surface area contributed by atoms with Crippen molar-refractivity contribution >= 4 is 11.8 Å². The number of hydrogen-bond acceptors (Lipinski definition) is 4. The van der Waals surface area contributed by atoms with Gasteiger partial charge in [0.2, 0.25) is 0 Å². The van der Waals surface area contributed by atoms with Gasteiger partial charge in [0.1, 0.15) is 5.82 Å². The van der Waals surface area contributed by atoms with Gasteiger partial charge in [0.05, 0.1) is 11.4 Å². The van der Waals surface area contributed by atoms with Gasteiger partial charge in [-0.3, -0.25) is 4.79 Å². The Morgan fingerprint density at radius 2 is 2.40 bits per heavy atom. The van der Waals surface area contributed by atoms with Crippen LogP contribution < -0.4 is 11.3 Å². The van der Waals surface area contributed by atoms with Gasteiger partial charge in [-0.25, -0.2) is 4.98 Å². The molecule has 0 aliphatic rings. The molecule has 15 heavy (non-hydrogen) atoms. The van der Waals surface area contributed by atoms with E-state index in [0.29, 0.717) is 23.3 Å². The Hall–Kier alpha value is -0.810. The first-order valence-corrected chi connectivity index (χ1v) is 6.11. The number of H-pyrrole nitrogens is 1. The van der Waals surface area contributed by atoms with Gasteiger partial charge in [-0.15, -0.1) is 0 Å². The van der Waals surface area contributed by atoms with E-state index in [2.05, 4.69) is 23.8 Å². The monoisotopic (exact) mass is 227 g/mol. The molecule has 1 heterocycles. The van der Waals surface area contributed by atoms with Crippen molar-refractivity contribution in [3.8, 4) is 0 Å². The summed E-state index contributed by atoms with van der Waals surface area (Å²) in [4.78, 5) is 18.2. The zero-order chi connectivity index (χ0) is 11.3. The van der Waals surface area contributed by atoms with Crippen LogP contribution in [0.3, 0.4) is 0 Å². The summed E-state index contributed by atoms with van der Waals surface area (Å²) in [6, 6.07) is 1.44. The van der Waals surface area contributed by atoms with Crippen molar-refractivity contribution in [1.29, 1.82) is 0 Å². The van der Waals surface area contributed by atoms with Crippen molar-refractivity contribution in [2.45, 2.75) is 37.8 Å². The predicted molar refractivity (Wildman–Crippen MR) is 63.8 cm³/mol. The van der Waals surface area contributed by atoms with E-state index in [-0.39, 0.29) is 5.56 Å². The van der Waals surface area contributed by atoms with Gasteiger partial charge in [-0.1, -0.05) is 13.8 Å². The van der Waals surface area contributed by atoms with Crippen LogP contribution in [0.5, 0.6) is 0 Å². The molecule has 5 heteroatoms. The smallest absolute Gasteiger partial charge is 0.251 e. The molecule has 1 aromatic rings. The lowest BCUT2D eigenvalue weighted by Gasteiger charge is -2.07. The standard InChI is InChI=1S/C10H17N3OS/c1-3-7(2)15-6-9-12-8(5-11)4-10(14)13-9/h4,7H,3,5-6,11H2,1-2H3,(H,12,13,14). The summed E-state index contributed by atoms with van der Waals surface area (Å²) in [5.74, 6) is 1.45. The van der Waals surface area contributed by atoms with Gasteiger partial charge in [0.15, 0.2) is 0 Å². The fourth-order valence-corrected chi connectivity index (χ4v) is 1.89. The highest BCUT2D eigenvalue weighted by Crippen LogP contribution is 2.16. The molecule has 0 bridgehead atoms. The van der Waals surface area contributed by atoms with E-state index in [4.69, 9.17) is 5.73 Å². The third kappa shape index (κ3) is 4.05. The van der Waals surface area contributed by atoms with Gasteiger partial charge in [-0.05, 0) is 6.42 Å². The Labute approximate surface area is 93.7 Å². The number of aromatic nitrogens is 2. The minimum absolute atomic E-state index is 0.120. The number of hydrogen-bond donors (Lipinski definition) is 2. The van der Waals surface area contributed by atoms with Crippen LogP contribution in [0.25, 0.3) is 0 Å². The molecule has 0 amide bonds. The van der Waals surface area contributed by atoms with Crippen LogP contribution in [0.2, 0.25) is 0 Å². The summed E-state index contributed by atoms with van der Waals surface area (Å²) in [6.45, 7) is 4.62. The van der Waals surface area contributed by atoms with Crippen LogP contribution >= 0.6 is 11.8 Å². The topological polar surface area (TPSA) is 71.8 Å². The fraction of sp³-hybridized carbons (Fsp3) is 0.600. The molecular weight excluding hydrogens is 210 g/mol. The minimum atomic E-state index is -0.120. The third-order valence-corrected chi connectivity index (χ3v) is 3.47. The number of aromatic amines is 1. The van der Waals surface area contributed by atoms with Gasteiger partial charge in [-0.2, -0.15) is 11.8 Å². The van der Waals surface area contributed by atoms with Crippen molar-refractivity contribution in [3.63, 3.8) is 0 Å². The lowest BCUT2D eigenvalue weighted by Crippen LogP contribution is -2.14. The van der Waals surface area contributed by atoms with Crippen LogP contribution in [0.4, 0.5) is 0 Å². The molecular formula is C10H17N3OS. The average Bonchev–Trinajstić information content (AvgIpc) is 2.25. The lowest BCUT2D eigenvalue weighted by atomic mass is 10.4. The Kier molecular flexibility index (Phi) is 4.84. The minimum Gasteiger partial charge on any atom is -0.325 e. The highest BCUT2D eigenvalue weighted by molar-refractivity contribution is 7.99. The van der Waals surface area contributed by atoms with Crippen LogP contribution in [0.1, 0.15) is 31.8 Å². The average molecular weight is 227 g/mol. The first-order valence-electron chi connectivity index (χ1n) is 5.06. The molecule has 1 rings (SSSR count). The van der Waals surface area contributed by atoms with Gasteiger partial charge in [0, 0.05) is 17.9 Å². The molecule has 0 saturated carbocycles. The van der Waals surface area contributed by atoms with Crippen LogP contribution in [-0.2, 0) is 12.3 Å². The Morgan fingerprint density at radius 1 is 1.67 bits per heavy atom. The maximum atomic E-state index is 11.2.